The van der Waals surface area contributed by atoms with Crippen molar-refractivity contribution in [1.82, 2.24) is 9.97 Å². The molecule has 0 saturated carbocycles. The number of aliphatic hydroxyl groups excluding tert-OH is 1. The van der Waals surface area contributed by atoms with E-state index >= 15 is 0 Å². The number of hydrogen-bond donors (Lipinski definition) is 2. The van der Waals surface area contributed by atoms with E-state index in [1.54, 1.807) is 7.11 Å². The van der Waals surface area contributed by atoms with Crippen LogP contribution in [0.25, 0.3) is 0 Å². The summed E-state index contributed by atoms with van der Waals surface area (Å²) in [5.74, 6) is 1.55. The summed E-state index contributed by atoms with van der Waals surface area (Å²) in [5.41, 5.74) is 0.819. The summed E-state index contributed by atoms with van der Waals surface area (Å²) < 4.78 is 4.93. The van der Waals surface area contributed by atoms with Gasteiger partial charge < -0.3 is 15.2 Å². The molecule has 21 heavy (non-hydrogen) atoms. The number of ether oxygens (including phenoxy) is 1. The molecular weight excluding hydrogens is 266 g/mol. The van der Waals surface area contributed by atoms with E-state index in [1.165, 1.54) is 0 Å². The van der Waals surface area contributed by atoms with E-state index in [9.17, 15) is 5.11 Å². The van der Waals surface area contributed by atoms with Crippen LogP contribution in [-0.2, 0) is 15.6 Å². The van der Waals surface area contributed by atoms with Gasteiger partial charge in [-0.25, -0.2) is 9.97 Å². The molecule has 0 bridgehead atoms. The molecule has 1 unspecified atom stereocenters. The van der Waals surface area contributed by atoms with Crippen LogP contribution in [0.5, 0.6) is 0 Å². The minimum Gasteiger partial charge on any atom is -0.389 e. The predicted octanol–water partition coefficient (Wildman–Crippen LogP) is 2.49. The molecule has 0 aliphatic heterocycles. The van der Waals surface area contributed by atoms with Gasteiger partial charge in [0.1, 0.15) is 11.6 Å². The Balaban J connectivity index is 3.03. The Kier molecular flexibility index (Phi) is 5.70. The van der Waals surface area contributed by atoms with Crippen molar-refractivity contribution in [2.24, 2.45) is 0 Å². The Hall–Kier alpha value is -1.20. The van der Waals surface area contributed by atoms with Crippen molar-refractivity contribution < 1.29 is 9.84 Å². The van der Waals surface area contributed by atoms with Crippen molar-refractivity contribution in [3.05, 3.63) is 17.6 Å². The molecule has 0 aromatic carbocycles. The second-order valence-corrected chi connectivity index (χ2v) is 7.45. The van der Waals surface area contributed by atoms with Crippen LogP contribution >= 0.6 is 0 Å². The molecule has 1 rings (SSSR count). The summed E-state index contributed by atoms with van der Waals surface area (Å²) in [5, 5.41) is 12.9. The van der Waals surface area contributed by atoms with Gasteiger partial charge in [0.05, 0.1) is 18.4 Å². The lowest BCUT2D eigenvalue weighted by atomic mass is 9.90. The fourth-order valence-corrected chi connectivity index (χ4v) is 1.73. The first-order valence-electron chi connectivity index (χ1n) is 7.35. The van der Waals surface area contributed by atoms with Gasteiger partial charge in [-0.1, -0.05) is 41.5 Å². The van der Waals surface area contributed by atoms with Crippen LogP contribution in [0.1, 0.15) is 53.1 Å². The maximum absolute atomic E-state index is 9.74. The number of nitrogens with one attached hydrogen (secondary N) is 1. The number of rotatable bonds is 5. The van der Waals surface area contributed by atoms with Crippen LogP contribution in [0.2, 0.25) is 0 Å². The van der Waals surface area contributed by atoms with Crippen molar-refractivity contribution in [1.29, 1.82) is 0 Å². The standard InChI is InChI=1S/C16H29N3O2/c1-15(2,3)12-8-13(17-9-11(20)10-21-7)19-14(18-12)16(4,5)6/h8,11,20H,9-10H2,1-7H3,(H,17,18,19). The second-order valence-electron chi connectivity index (χ2n) is 7.45. The third-order valence-corrected chi connectivity index (χ3v) is 3.04. The largest absolute Gasteiger partial charge is 0.389 e. The quantitative estimate of drug-likeness (QED) is 0.873. The topological polar surface area (TPSA) is 67.3 Å². The van der Waals surface area contributed by atoms with Crippen LogP contribution in [0.4, 0.5) is 5.82 Å². The summed E-state index contributed by atoms with van der Waals surface area (Å²) >= 11 is 0. The lowest BCUT2D eigenvalue weighted by Crippen LogP contribution is -2.26. The molecule has 0 fully saturated rings. The molecule has 0 aliphatic carbocycles. The van der Waals surface area contributed by atoms with Crippen LogP contribution < -0.4 is 5.32 Å². The molecule has 1 atom stereocenters. The van der Waals surface area contributed by atoms with Gasteiger partial charge in [0, 0.05) is 30.6 Å². The van der Waals surface area contributed by atoms with E-state index in [2.05, 4.69) is 51.8 Å². The van der Waals surface area contributed by atoms with Gasteiger partial charge in [0.15, 0.2) is 0 Å². The molecule has 0 amide bonds. The number of anilines is 1. The molecule has 1 aromatic heterocycles. The monoisotopic (exact) mass is 295 g/mol. The smallest absolute Gasteiger partial charge is 0.136 e. The van der Waals surface area contributed by atoms with Gasteiger partial charge in [-0.2, -0.15) is 0 Å². The van der Waals surface area contributed by atoms with E-state index in [4.69, 9.17) is 9.72 Å². The van der Waals surface area contributed by atoms with Crippen molar-refractivity contribution in [3.8, 4) is 0 Å². The summed E-state index contributed by atoms with van der Waals surface area (Å²) in [6.07, 6.45) is -0.555. The highest BCUT2D eigenvalue weighted by atomic mass is 16.5. The lowest BCUT2D eigenvalue weighted by Gasteiger charge is -2.24. The SMILES string of the molecule is COCC(O)CNc1cc(C(C)(C)C)nc(C(C)(C)C)n1. The molecule has 0 aliphatic rings. The van der Waals surface area contributed by atoms with Crippen LogP contribution in [0.15, 0.2) is 6.07 Å². The van der Waals surface area contributed by atoms with Crippen LogP contribution in [0.3, 0.4) is 0 Å². The van der Waals surface area contributed by atoms with Crippen LogP contribution in [0, 0.1) is 0 Å². The number of hydrogen-bond acceptors (Lipinski definition) is 5. The highest BCUT2D eigenvalue weighted by Gasteiger charge is 2.23. The van der Waals surface area contributed by atoms with Crippen molar-refractivity contribution in [2.45, 2.75) is 58.5 Å². The fraction of sp³-hybridized carbons (Fsp3) is 0.750. The fourth-order valence-electron chi connectivity index (χ4n) is 1.73. The third kappa shape index (κ3) is 5.59. The first-order valence-corrected chi connectivity index (χ1v) is 7.35. The average Bonchev–Trinajstić information content (AvgIpc) is 2.34. The maximum Gasteiger partial charge on any atom is 0.136 e. The summed E-state index contributed by atoms with van der Waals surface area (Å²) in [6.45, 7) is 13.4. The molecule has 1 heterocycles. The predicted molar refractivity (Wildman–Crippen MR) is 85.8 cm³/mol. The third-order valence-electron chi connectivity index (χ3n) is 3.04. The molecule has 5 heteroatoms. The average molecular weight is 295 g/mol. The Bertz CT molecular complexity index is 429. The highest BCUT2D eigenvalue weighted by molar-refractivity contribution is 5.39. The minimum atomic E-state index is -0.555. The first kappa shape index (κ1) is 17.9. The van der Waals surface area contributed by atoms with E-state index in [0.717, 1.165) is 17.3 Å². The molecule has 1 aromatic rings. The Morgan fingerprint density at radius 2 is 1.76 bits per heavy atom. The maximum atomic E-state index is 9.74. The van der Waals surface area contributed by atoms with Crippen molar-refractivity contribution in [2.75, 3.05) is 25.6 Å². The number of methoxy groups -OCH3 is 1. The minimum absolute atomic E-state index is 0.0511. The Labute approximate surface area is 128 Å². The van der Waals surface area contributed by atoms with E-state index in [0.29, 0.717) is 13.2 Å². The Morgan fingerprint density at radius 3 is 2.24 bits per heavy atom. The number of nitrogens with zero attached hydrogens (tertiary/aromatic N) is 2. The lowest BCUT2D eigenvalue weighted by molar-refractivity contribution is 0.0727. The summed E-state index contributed by atoms with van der Waals surface area (Å²) in [7, 11) is 1.57. The van der Waals surface area contributed by atoms with E-state index in [1.807, 2.05) is 6.07 Å². The second kappa shape index (κ2) is 6.71. The van der Waals surface area contributed by atoms with E-state index < -0.39 is 6.10 Å². The van der Waals surface area contributed by atoms with Gasteiger partial charge in [-0.05, 0) is 0 Å². The van der Waals surface area contributed by atoms with Crippen LogP contribution in [-0.4, -0.2) is 41.4 Å². The molecule has 120 valence electrons. The summed E-state index contributed by atoms with van der Waals surface area (Å²) in [6, 6.07) is 1.95. The van der Waals surface area contributed by atoms with Gasteiger partial charge in [0.2, 0.25) is 0 Å². The molecule has 0 radical (unpaired) electrons. The van der Waals surface area contributed by atoms with Gasteiger partial charge in [-0.15, -0.1) is 0 Å². The van der Waals surface area contributed by atoms with Gasteiger partial charge in [0.25, 0.3) is 0 Å². The molecule has 0 spiro atoms. The molecule has 2 N–H and O–H groups in total. The molecule has 0 saturated heterocycles. The summed E-state index contributed by atoms with van der Waals surface area (Å²) in [4.78, 5) is 9.28. The Morgan fingerprint density at radius 1 is 1.14 bits per heavy atom. The number of aromatic nitrogens is 2. The highest BCUT2D eigenvalue weighted by Crippen LogP contribution is 2.26. The zero-order chi connectivity index (χ0) is 16.3. The zero-order valence-electron chi connectivity index (χ0n) is 14.3. The first-order chi connectivity index (χ1) is 9.54. The molecular formula is C16H29N3O2. The van der Waals surface area contributed by atoms with Crippen molar-refractivity contribution >= 4 is 5.82 Å². The normalized spacial score (nSPS) is 14.1. The van der Waals surface area contributed by atoms with Gasteiger partial charge >= 0.3 is 0 Å². The van der Waals surface area contributed by atoms with E-state index in [-0.39, 0.29) is 10.8 Å². The zero-order valence-corrected chi connectivity index (χ0v) is 14.3. The number of aliphatic hydroxyl groups is 1. The molecule has 5 nitrogen and oxygen atoms in total. The van der Waals surface area contributed by atoms with Crippen molar-refractivity contribution in [3.63, 3.8) is 0 Å². The van der Waals surface area contributed by atoms with Gasteiger partial charge in [-0.3, -0.25) is 0 Å².